The van der Waals surface area contributed by atoms with E-state index in [1.165, 1.54) is 23.5 Å². The van der Waals surface area contributed by atoms with Crippen LogP contribution in [0.25, 0.3) is 11.3 Å². The van der Waals surface area contributed by atoms with Gasteiger partial charge < -0.3 is 9.84 Å². The van der Waals surface area contributed by atoms with Crippen molar-refractivity contribution in [1.82, 2.24) is 14.5 Å². The van der Waals surface area contributed by atoms with Crippen LogP contribution in [0.2, 0.25) is 0 Å². The molecule has 1 aromatic heterocycles. The van der Waals surface area contributed by atoms with E-state index in [9.17, 15) is 13.2 Å². The normalized spacial score (nSPS) is 15.9. The highest BCUT2D eigenvalue weighted by Crippen LogP contribution is 2.32. The maximum atomic E-state index is 13.0. The van der Waals surface area contributed by atoms with Crippen LogP contribution in [0.4, 0.5) is 0 Å². The largest absolute Gasteiger partial charge is 0.495 e. The van der Waals surface area contributed by atoms with E-state index in [4.69, 9.17) is 9.84 Å². The second kappa shape index (κ2) is 6.85. The predicted molar refractivity (Wildman–Crippen MR) is 90.1 cm³/mol. The molecule has 1 aliphatic rings. The minimum absolute atomic E-state index is 0.0637. The van der Waals surface area contributed by atoms with Crippen molar-refractivity contribution in [3.63, 3.8) is 0 Å². The van der Waals surface area contributed by atoms with E-state index in [1.807, 2.05) is 0 Å². The first-order valence-corrected chi connectivity index (χ1v) is 9.35. The van der Waals surface area contributed by atoms with Crippen molar-refractivity contribution in [3.05, 3.63) is 30.0 Å². The summed E-state index contributed by atoms with van der Waals surface area (Å²) in [6, 6.07) is 6.04. The molecule has 1 saturated heterocycles. The van der Waals surface area contributed by atoms with E-state index < -0.39 is 16.0 Å². The van der Waals surface area contributed by atoms with Gasteiger partial charge in [-0.15, -0.1) is 0 Å². The van der Waals surface area contributed by atoms with Gasteiger partial charge in [0.25, 0.3) is 0 Å². The summed E-state index contributed by atoms with van der Waals surface area (Å²) in [5.74, 6) is -0.878. The molecule has 8 nitrogen and oxygen atoms in total. The number of methoxy groups -OCH3 is 1. The number of nitrogens with one attached hydrogen (secondary N) is 1. The molecule has 25 heavy (non-hydrogen) atoms. The molecular formula is C16H19N3O5S. The Morgan fingerprint density at radius 3 is 2.56 bits per heavy atom. The Balaban J connectivity index is 2.04. The van der Waals surface area contributed by atoms with Crippen molar-refractivity contribution >= 4 is 16.0 Å². The number of aromatic amines is 1. The van der Waals surface area contributed by atoms with E-state index in [1.54, 1.807) is 12.1 Å². The molecule has 1 aliphatic heterocycles. The van der Waals surface area contributed by atoms with Gasteiger partial charge in [0.2, 0.25) is 10.0 Å². The molecule has 0 amide bonds. The number of ether oxygens (including phenoxy) is 1. The number of H-pyrrole nitrogens is 1. The van der Waals surface area contributed by atoms with E-state index in [0.717, 1.165) is 19.3 Å². The number of hydrogen-bond donors (Lipinski definition) is 2. The van der Waals surface area contributed by atoms with Gasteiger partial charge in [-0.2, -0.15) is 9.40 Å². The van der Waals surface area contributed by atoms with E-state index in [-0.39, 0.29) is 16.3 Å². The first kappa shape index (κ1) is 17.4. The highest BCUT2D eigenvalue weighted by Gasteiger charge is 2.29. The molecular weight excluding hydrogens is 346 g/mol. The van der Waals surface area contributed by atoms with Crippen LogP contribution >= 0.6 is 0 Å². The Labute approximate surface area is 145 Å². The number of hydrogen-bond acceptors (Lipinski definition) is 5. The number of piperidine rings is 1. The van der Waals surface area contributed by atoms with Gasteiger partial charge >= 0.3 is 5.97 Å². The van der Waals surface area contributed by atoms with Gasteiger partial charge in [0.15, 0.2) is 0 Å². The fourth-order valence-corrected chi connectivity index (χ4v) is 4.56. The van der Waals surface area contributed by atoms with Crippen LogP contribution in [0.1, 0.15) is 29.8 Å². The van der Waals surface area contributed by atoms with Crippen molar-refractivity contribution in [2.75, 3.05) is 20.2 Å². The molecule has 1 fully saturated rings. The van der Waals surface area contributed by atoms with E-state index >= 15 is 0 Å². The number of benzene rings is 1. The predicted octanol–water partition coefficient (Wildman–Crippen LogP) is 1.96. The maximum absolute atomic E-state index is 13.0. The Bertz CT molecular complexity index is 885. The molecule has 1 aromatic carbocycles. The third-order valence-electron chi connectivity index (χ3n) is 4.20. The minimum Gasteiger partial charge on any atom is -0.495 e. The second-order valence-electron chi connectivity index (χ2n) is 5.80. The van der Waals surface area contributed by atoms with Crippen LogP contribution < -0.4 is 4.74 Å². The molecule has 0 spiro atoms. The van der Waals surface area contributed by atoms with Crippen LogP contribution in [0.5, 0.6) is 5.75 Å². The summed E-state index contributed by atoms with van der Waals surface area (Å²) in [6.45, 7) is 0.975. The number of aromatic nitrogens is 2. The highest BCUT2D eigenvalue weighted by molar-refractivity contribution is 7.89. The van der Waals surface area contributed by atoms with Crippen molar-refractivity contribution in [3.8, 4) is 17.0 Å². The lowest BCUT2D eigenvalue weighted by Gasteiger charge is -2.26. The Kier molecular flexibility index (Phi) is 4.78. The molecule has 0 unspecified atom stereocenters. The first-order chi connectivity index (χ1) is 11.9. The molecule has 0 aliphatic carbocycles. The molecule has 9 heteroatoms. The maximum Gasteiger partial charge on any atom is 0.353 e. The topological polar surface area (TPSA) is 113 Å². The average Bonchev–Trinajstić information content (AvgIpc) is 3.12. The van der Waals surface area contributed by atoms with E-state index in [0.29, 0.717) is 24.3 Å². The summed E-state index contributed by atoms with van der Waals surface area (Å²) in [4.78, 5) is 11.0. The summed E-state index contributed by atoms with van der Waals surface area (Å²) in [7, 11) is -2.27. The fourth-order valence-electron chi connectivity index (χ4n) is 2.86. The summed E-state index contributed by atoms with van der Waals surface area (Å²) in [5, 5.41) is 15.3. The molecule has 0 bridgehead atoms. The summed E-state index contributed by atoms with van der Waals surface area (Å²) in [5.41, 5.74) is 0.793. The zero-order valence-electron chi connectivity index (χ0n) is 13.7. The third kappa shape index (κ3) is 3.38. The molecule has 2 heterocycles. The number of carbonyl (C=O) groups is 1. The van der Waals surface area contributed by atoms with Crippen molar-refractivity contribution in [2.24, 2.45) is 0 Å². The van der Waals surface area contributed by atoms with Crippen LogP contribution in [-0.2, 0) is 10.0 Å². The molecule has 3 rings (SSSR count). The Morgan fingerprint density at radius 1 is 1.24 bits per heavy atom. The van der Waals surface area contributed by atoms with Gasteiger partial charge in [-0.05, 0) is 37.1 Å². The van der Waals surface area contributed by atoms with E-state index in [2.05, 4.69) is 10.2 Å². The lowest BCUT2D eigenvalue weighted by molar-refractivity contribution is 0.0690. The van der Waals surface area contributed by atoms with Gasteiger partial charge in [0, 0.05) is 18.7 Å². The molecule has 2 N–H and O–H groups in total. The lowest BCUT2D eigenvalue weighted by atomic mass is 10.1. The number of rotatable bonds is 5. The van der Waals surface area contributed by atoms with Gasteiger partial charge in [-0.25, -0.2) is 13.2 Å². The lowest BCUT2D eigenvalue weighted by Crippen LogP contribution is -2.35. The zero-order chi connectivity index (χ0) is 18.0. The standard InChI is InChI=1S/C16H19N3O5S/c1-24-14-6-5-11(12-10-13(16(20)21)18-17-12)9-15(14)25(22,23)19-7-3-2-4-8-19/h5-6,9-10H,2-4,7-8H2,1H3,(H,17,18)(H,20,21). The Morgan fingerprint density at radius 2 is 1.96 bits per heavy atom. The Hall–Kier alpha value is -2.39. The summed E-state index contributed by atoms with van der Waals surface area (Å²) in [6.07, 6.45) is 2.69. The highest BCUT2D eigenvalue weighted by atomic mass is 32.2. The van der Waals surface area contributed by atoms with Crippen molar-refractivity contribution in [1.29, 1.82) is 0 Å². The van der Waals surface area contributed by atoms with Gasteiger partial charge in [-0.3, -0.25) is 5.10 Å². The number of carboxylic acids is 1. The van der Waals surface area contributed by atoms with Gasteiger partial charge in [0.05, 0.1) is 12.8 Å². The number of nitrogens with zero attached hydrogens (tertiary/aromatic N) is 2. The fraction of sp³-hybridized carbons (Fsp3) is 0.375. The van der Waals surface area contributed by atoms with Crippen LogP contribution in [-0.4, -0.2) is 54.2 Å². The molecule has 134 valence electrons. The van der Waals surface area contributed by atoms with Crippen molar-refractivity contribution in [2.45, 2.75) is 24.2 Å². The number of carboxylic acid groups (broad SMARTS) is 1. The first-order valence-electron chi connectivity index (χ1n) is 7.91. The van der Waals surface area contributed by atoms with Crippen LogP contribution in [0.15, 0.2) is 29.2 Å². The van der Waals surface area contributed by atoms with Gasteiger partial charge in [-0.1, -0.05) is 6.42 Å². The summed E-state index contributed by atoms with van der Waals surface area (Å²) >= 11 is 0. The average molecular weight is 365 g/mol. The molecule has 2 aromatic rings. The van der Waals surface area contributed by atoms with Crippen LogP contribution in [0, 0.1) is 0 Å². The van der Waals surface area contributed by atoms with Crippen LogP contribution in [0.3, 0.4) is 0 Å². The van der Waals surface area contributed by atoms with Crippen molar-refractivity contribution < 1.29 is 23.1 Å². The quantitative estimate of drug-likeness (QED) is 0.837. The SMILES string of the molecule is COc1ccc(-c2cc(C(=O)O)[nH]n2)cc1S(=O)(=O)N1CCCCC1. The minimum atomic E-state index is -3.69. The zero-order valence-corrected chi connectivity index (χ0v) is 14.5. The molecule has 0 radical (unpaired) electrons. The molecule has 0 atom stereocenters. The monoisotopic (exact) mass is 365 g/mol. The number of sulfonamides is 1. The second-order valence-corrected chi connectivity index (χ2v) is 7.71. The smallest absolute Gasteiger partial charge is 0.353 e. The molecule has 0 saturated carbocycles. The van der Waals surface area contributed by atoms with Gasteiger partial charge in [0.1, 0.15) is 16.3 Å². The summed E-state index contributed by atoms with van der Waals surface area (Å²) < 4.78 is 32.7. The number of aromatic carboxylic acids is 1. The third-order valence-corrected chi connectivity index (χ3v) is 6.12.